The molecule has 0 aromatic heterocycles. The highest BCUT2D eigenvalue weighted by atomic mass is 31.2. The highest BCUT2D eigenvalue weighted by molar-refractivity contribution is 7.47. The summed E-state index contributed by atoms with van der Waals surface area (Å²) in [6.45, 7) is 13.9. The summed E-state index contributed by atoms with van der Waals surface area (Å²) < 4.78 is 68.0. The van der Waals surface area contributed by atoms with Crippen LogP contribution in [0.15, 0.2) is 0 Å². The molecule has 0 aromatic carbocycles. The third-order valence-corrected chi connectivity index (χ3v) is 17.2. The first-order valence-electron chi connectivity index (χ1n) is 33.3. The highest BCUT2D eigenvalue weighted by Gasteiger charge is 2.30. The number of rotatable bonds is 61. The quantitative estimate of drug-likeness (QED) is 0.0222. The molecule has 0 aliphatic carbocycles. The van der Waals surface area contributed by atoms with E-state index in [1.54, 1.807) is 0 Å². The SMILES string of the molecule is CCC(C)CCCCCCCCC(=O)OC[C@H](COP(=O)(O)OC[C@@H](O)COP(=O)(O)OC[C@@H](COC(=O)CCCCCCCCC(C)CC)OC(=O)CCCCCCCCCCC(C)C)OC(=O)CCCCCCCCCCCC(C)C. The average Bonchev–Trinajstić information content (AvgIpc) is 3.44. The molecule has 0 rings (SSSR count). The summed E-state index contributed by atoms with van der Waals surface area (Å²) in [5, 5.41) is 10.5. The topological polar surface area (TPSA) is 237 Å². The average molecular weight is 1230 g/mol. The summed E-state index contributed by atoms with van der Waals surface area (Å²) in [5.74, 6) is 0.775. The van der Waals surface area contributed by atoms with Crippen molar-refractivity contribution >= 4 is 39.5 Å². The van der Waals surface area contributed by atoms with E-state index in [4.69, 9.17) is 37.0 Å². The Bertz CT molecular complexity index is 1670. The van der Waals surface area contributed by atoms with Crippen molar-refractivity contribution in [2.75, 3.05) is 39.6 Å². The Morgan fingerprint density at radius 3 is 0.855 bits per heavy atom. The zero-order valence-electron chi connectivity index (χ0n) is 53.8. The molecule has 0 saturated heterocycles. The van der Waals surface area contributed by atoms with E-state index in [9.17, 15) is 43.2 Å². The first-order valence-corrected chi connectivity index (χ1v) is 36.3. The lowest BCUT2D eigenvalue weighted by Crippen LogP contribution is -2.30. The molecule has 492 valence electrons. The van der Waals surface area contributed by atoms with E-state index in [1.165, 1.54) is 96.3 Å². The van der Waals surface area contributed by atoms with E-state index < -0.39 is 97.5 Å². The molecule has 17 nitrogen and oxygen atoms in total. The number of phosphoric ester groups is 2. The molecule has 83 heavy (non-hydrogen) atoms. The third-order valence-electron chi connectivity index (χ3n) is 15.3. The second-order valence-electron chi connectivity index (χ2n) is 24.6. The van der Waals surface area contributed by atoms with Crippen molar-refractivity contribution in [2.24, 2.45) is 23.7 Å². The normalized spacial score (nSPS) is 15.1. The van der Waals surface area contributed by atoms with Crippen molar-refractivity contribution < 1.29 is 80.2 Å². The number of unbranched alkanes of at least 4 members (excludes halogenated alkanes) is 25. The summed E-state index contributed by atoms with van der Waals surface area (Å²) in [5.41, 5.74) is 0. The van der Waals surface area contributed by atoms with Gasteiger partial charge in [-0.25, -0.2) is 9.13 Å². The number of aliphatic hydroxyl groups excluding tert-OH is 1. The van der Waals surface area contributed by atoms with Gasteiger partial charge in [0.2, 0.25) is 0 Å². The van der Waals surface area contributed by atoms with Crippen molar-refractivity contribution in [3.63, 3.8) is 0 Å². The second-order valence-corrected chi connectivity index (χ2v) is 27.5. The fourth-order valence-electron chi connectivity index (χ4n) is 9.36. The van der Waals surface area contributed by atoms with Crippen LogP contribution >= 0.6 is 15.6 Å². The van der Waals surface area contributed by atoms with E-state index in [-0.39, 0.29) is 25.7 Å². The lowest BCUT2D eigenvalue weighted by Gasteiger charge is -2.21. The molecule has 0 aromatic rings. The lowest BCUT2D eigenvalue weighted by atomic mass is 10.00. The molecule has 4 unspecified atom stereocenters. The van der Waals surface area contributed by atoms with Gasteiger partial charge in [0.15, 0.2) is 12.2 Å². The van der Waals surface area contributed by atoms with Crippen molar-refractivity contribution in [2.45, 2.75) is 324 Å². The van der Waals surface area contributed by atoms with Crippen LogP contribution in [-0.4, -0.2) is 96.7 Å². The van der Waals surface area contributed by atoms with E-state index in [0.29, 0.717) is 25.7 Å². The van der Waals surface area contributed by atoms with Gasteiger partial charge in [-0.15, -0.1) is 0 Å². The van der Waals surface area contributed by atoms with Crippen molar-refractivity contribution in [1.29, 1.82) is 0 Å². The molecule has 0 heterocycles. The van der Waals surface area contributed by atoms with Gasteiger partial charge >= 0.3 is 39.5 Å². The van der Waals surface area contributed by atoms with Crippen LogP contribution in [0, 0.1) is 23.7 Å². The number of esters is 4. The molecular formula is C64H124O17P2. The minimum absolute atomic E-state index is 0.103. The molecule has 0 bridgehead atoms. The predicted octanol–water partition coefficient (Wildman–Crippen LogP) is 17.4. The molecule has 19 heteroatoms. The molecule has 0 amide bonds. The maximum Gasteiger partial charge on any atom is 0.472 e. The van der Waals surface area contributed by atoms with Crippen LogP contribution in [0.25, 0.3) is 0 Å². The summed E-state index contributed by atoms with van der Waals surface area (Å²) in [6.07, 6.45) is 33.5. The van der Waals surface area contributed by atoms with Crippen LogP contribution in [-0.2, 0) is 65.4 Å². The maximum atomic E-state index is 13.0. The highest BCUT2D eigenvalue weighted by Crippen LogP contribution is 2.45. The fraction of sp³-hybridized carbons (Fsp3) is 0.938. The predicted molar refractivity (Wildman–Crippen MR) is 331 cm³/mol. The van der Waals surface area contributed by atoms with Crippen LogP contribution in [0.1, 0.15) is 306 Å². The Kier molecular flexibility index (Phi) is 53.0. The molecule has 0 radical (unpaired) electrons. The van der Waals surface area contributed by atoms with Crippen molar-refractivity contribution in [3.05, 3.63) is 0 Å². The minimum Gasteiger partial charge on any atom is -0.462 e. The Morgan fingerprint density at radius 1 is 0.337 bits per heavy atom. The van der Waals surface area contributed by atoms with Gasteiger partial charge in [0, 0.05) is 25.7 Å². The minimum atomic E-state index is -4.95. The van der Waals surface area contributed by atoms with E-state index in [1.807, 2.05) is 0 Å². The Labute approximate surface area is 505 Å². The number of carbonyl (C=O) groups is 4. The van der Waals surface area contributed by atoms with Gasteiger partial charge in [-0.3, -0.25) is 37.3 Å². The summed E-state index contributed by atoms with van der Waals surface area (Å²) >= 11 is 0. The lowest BCUT2D eigenvalue weighted by molar-refractivity contribution is -0.161. The fourth-order valence-corrected chi connectivity index (χ4v) is 10.9. The molecule has 7 atom stereocenters. The Balaban J connectivity index is 5.27. The molecule has 0 aliphatic heterocycles. The zero-order valence-corrected chi connectivity index (χ0v) is 55.6. The van der Waals surface area contributed by atoms with Gasteiger partial charge in [-0.05, 0) is 49.4 Å². The number of ether oxygens (including phenoxy) is 4. The maximum absolute atomic E-state index is 13.0. The van der Waals surface area contributed by atoms with E-state index in [0.717, 1.165) is 126 Å². The van der Waals surface area contributed by atoms with Gasteiger partial charge in [-0.1, -0.05) is 254 Å². The molecule has 0 spiro atoms. The van der Waals surface area contributed by atoms with Crippen LogP contribution in [0.3, 0.4) is 0 Å². The van der Waals surface area contributed by atoms with Crippen LogP contribution < -0.4 is 0 Å². The van der Waals surface area contributed by atoms with E-state index >= 15 is 0 Å². The summed E-state index contributed by atoms with van der Waals surface area (Å²) in [7, 11) is -9.89. The van der Waals surface area contributed by atoms with Gasteiger partial charge < -0.3 is 33.8 Å². The van der Waals surface area contributed by atoms with Crippen molar-refractivity contribution in [3.8, 4) is 0 Å². The third kappa shape index (κ3) is 56.3. The second kappa shape index (κ2) is 54.2. The number of carbonyl (C=O) groups excluding carboxylic acids is 4. The molecule has 0 aliphatic rings. The van der Waals surface area contributed by atoms with Crippen LogP contribution in [0.4, 0.5) is 0 Å². The number of aliphatic hydroxyl groups is 1. The molecule has 0 fully saturated rings. The Hall–Kier alpha value is -1.94. The summed E-state index contributed by atoms with van der Waals surface area (Å²) in [6, 6.07) is 0. The standard InChI is InChI=1S/C64H124O17P2/c1-9-56(7)42-34-26-20-22-28-36-44-61(66)74-50-59(80-63(68)46-38-30-18-13-11-12-16-24-32-40-54(3)4)52-78-82(70,71)76-48-58(65)49-77-83(72,73)79-53-60(51-75-62(67)45-37-29-23-21-27-35-43-57(8)10-2)81-64(69)47-39-31-19-15-14-17-25-33-41-55(5)6/h54-60,65H,9-53H2,1-8H3,(H,70,71)(H,72,73)/t56?,57?,58-,59-,60-/m1/s1. The smallest absolute Gasteiger partial charge is 0.462 e. The first kappa shape index (κ1) is 81.1. The molecule has 0 saturated carbocycles. The molecule has 3 N–H and O–H groups in total. The van der Waals surface area contributed by atoms with Gasteiger partial charge in [0.1, 0.15) is 19.3 Å². The Morgan fingerprint density at radius 2 is 0.578 bits per heavy atom. The number of hydrogen-bond acceptors (Lipinski definition) is 15. The zero-order chi connectivity index (χ0) is 61.8. The first-order chi connectivity index (χ1) is 39.7. The summed E-state index contributed by atoms with van der Waals surface area (Å²) in [4.78, 5) is 72.2. The van der Waals surface area contributed by atoms with Gasteiger partial charge in [-0.2, -0.15) is 0 Å². The van der Waals surface area contributed by atoms with Crippen LogP contribution in [0.5, 0.6) is 0 Å². The van der Waals surface area contributed by atoms with Crippen LogP contribution in [0.2, 0.25) is 0 Å². The van der Waals surface area contributed by atoms with E-state index in [2.05, 4.69) is 55.4 Å². The van der Waals surface area contributed by atoms with Gasteiger partial charge in [0.25, 0.3) is 0 Å². The molecular weight excluding hydrogens is 1100 g/mol. The number of phosphoric acid groups is 2. The number of hydrogen-bond donors (Lipinski definition) is 3. The monoisotopic (exact) mass is 1230 g/mol. The largest absolute Gasteiger partial charge is 0.472 e. The van der Waals surface area contributed by atoms with Crippen molar-refractivity contribution in [1.82, 2.24) is 0 Å². The van der Waals surface area contributed by atoms with Gasteiger partial charge in [0.05, 0.1) is 26.4 Å².